The Balaban J connectivity index is 2.07. The van der Waals surface area contributed by atoms with Crippen LogP contribution in [0.15, 0.2) is 71.6 Å². The van der Waals surface area contributed by atoms with Gasteiger partial charge in [0.2, 0.25) is 11.8 Å². The molecule has 0 heterocycles. The van der Waals surface area contributed by atoms with E-state index in [1.165, 1.54) is 42.3 Å². The predicted molar refractivity (Wildman–Crippen MR) is 165 cm³/mol. The molecule has 9 nitrogen and oxygen atoms in total. The molecule has 3 rings (SSSR count). The molecule has 42 heavy (non-hydrogen) atoms. The fourth-order valence-electron chi connectivity index (χ4n) is 4.16. The number of carbonyl (C=O) groups excluding carboxylic acids is 2. The minimum atomic E-state index is -4.22. The van der Waals surface area contributed by atoms with Gasteiger partial charge in [-0.05, 0) is 82.6 Å². The molecule has 0 aliphatic carbocycles. The molecule has 0 saturated heterocycles. The second-order valence-corrected chi connectivity index (χ2v) is 13.2. The Labute approximate surface area is 253 Å². The highest BCUT2D eigenvalue weighted by Crippen LogP contribution is 2.32. The van der Waals surface area contributed by atoms with Gasteiger partial charge in [0.15, 0.2) is 0 Å². The van der Waals surface area contributed by atoms with E-state index in [0.29, 0.717) is 11.5 Å². The molecule has 3 aromatic rings. The van der Waals surface area contributed by atoms with Crippen LogP contribution in [0.25, 0.3) is 0 Å². The summed E-state index contributed by atoms with van der Waals surface area (Å²) in [6.45, 7) is 8.47. The summed E-state index contributed by atoms with van der Waals surface area (Å²) in [5.41, 5.74) is 1.25. The molecule has 1 N–H and O–H groups in total. The number of hydrogen-bond donors (Lipinski definition) is 1. The summed E-state index contributed by atoms with van der Waals surface area (Å²) in [6, 6.07) is 17.0. The first-order valence-electron chi connectivity index (χ1n) is 13.3. The van der Waals surface area contributed by atoms with Crippen LogP contribution < -0.4 is 19.1 Å². The number of methoxy groups -OCH3 is 2. The first kappa shape index (κ1) is 32.8. The van der Waals surface area contributed by atoms with Gasteiger partial charge in [-0.1, -0.05) is 41.4 Å². The van der Waals surface area contributed by atoms with Crippen LogP contribution in [0.5, 0.6) is 11.5 Å². The average molecular weight is 616 g/mol. The number of anilines is 1. The van der Waals surface area contributed by atoms with E-state index in [-0.39, 0.29) is 28.1 Å². The van der Waals surface area contributed by atoms with Gasteiger partial charge < -0.3 is 19.7 Å². The molecule has 0 spiro atoms. The highest BCUT2D eigenvalue weighted by atomic mass is 35.5. The van der Waals surface area contributed by atoms with Crippen molar-refractivity contribution in [3.63, 3.8) is 0 Å². The molecule has 1 atom stereocenters. The molecule has 226 valence electrons. The van der Waals surface area contributed by atoms with E-state index in [1.54, 1.807) is 50.4 Å². The molecule has 0 unspecified atom stereocenters. The van der Waals surface area contributed by atoms with Crippen molar-refractivity contribution in [1.82, 2.24) is 10.2 Å². The molecule has 0 radical (unpaired) electrons. The lowest BCUT2D eigenvalue weighted by molar-refractivity contribution is -0.140. The number of ether oxygens (including phenoxy) is 2. The van der Waals surface area contributed by atoms with Gasteiger partial charge in [0.25, 0.3) is 10.0 Å². The molecule has 0 aromatic heterocycles. The van der Waals surface area contributed by atoms with E-state index in [0.717, 1.165) is 15.4 Å². The second-order valence-electron chi connectivity index (χ2n) is 10.9. The van der Waals surface area contributed by atoms with E-state index in [9.17, 15) is 18.0 Å². The average Bonchev–Trinajstić information content (AvgIpc) is 2.93. The quantitative estimate of drug-likeness (QED) is 0.318. The second kappa shape index (κ2) is 13.5. The normalized spacial score (nSPS) is 12.3. The van der Waals surface area contributed by atoms with Crippen molar-refractivity contribution in [2.45, 2.75) is 57.6 Å². The summed E-state index contributed by atoms with van der Waals surface area (Å²) in [7, 11) is -1.22. The standard InChI is InChI=1S/C31H38ClN3O6S/c1-21-8-15-26(16-9-21)42(38,39)35(24-12-17-28(41-7)27(32)18-24)20-29(36)34(22(2)30(37)33-31(3,4)5)19-23-10-13-25(40-6)14-11-23/h8-18,22H,19-20H2,1-7H3,(H,33,37)/t22-/m0/s1. The van der Waals surface area contributed by atoms with Crippen LogP contribution in [-0.4, -0.2) is 57.5 Å². The molecular formula is C31H38ClN3O6S. The number of aryl methyl sites for hydroxylation is 1. The molecule has 0 aliphatic heterocycles. The van der Waals surface area contributed by atoms with E-state index in [1.807, 2.05) is 27.7 Å². The number of nitrogens with one attached hydrogen (secondary N) is 1. The number of amides is 2. The number of nitrogens with zero attached hydrogens (tertiary/aromatic N) is 2. The number of halogens is 1. The lowest BCUT2D eigenvalue weighted by Gasteiger charge is -2.33. The molecule has 11 heteroatoms. The minimum Gasteiger partial charge on any atom is -0.497 e. The van der Waals surface area contributed by atoms with Crippen LogP contribution in [-0.2, 0) is 26.2 Å². The molecule has 0 aliphatic rings. The van der Waals surface area contributed by atoms with Crippen molar-refractivity contribution < 1.29 is 27.5 Å². The maximum atomic E-state index is 14.1. The highest BCUT2D eigenvalue weighted by Gasteiger charge is 2.33. The largest absolute Gasteiger partial charge is 0.497 e. The maximum absolute atomic E-state index is 14.1. The number of hydrogen-bond acceptors (Lipinski definition) is 6. The van der Waals surface area contributed by atoms with Gasteiger partial charge in [-0.15, -0.1) is 0 Å². The van der Waals surface area contributed by atoms with Crippen molar-refractivity contribution >= 4 is 39.1 Å². The van der Waals surface area contributed by atoms with Gasteiger partial charge in [0, 0.05) is 12.1 Å². The third-order valence-electron chi connectivity index (χ3n) is 6.49. The first-order valence-corrected chi connectivity index (χ1v) is 15.2. The van der Waals surface area contributed by atoms with Gasteiger partial charge in [0.1, 0.15) is 24.1 Å². The zero-order valence-electron chi connectivity index (χ0n) is 25.0. The molecule has 3 aromatic carbocycles. The third-order valence-corrected chi connectivity index (χ3v) is 8.57. The Hall–Kier alpha value is -3.76. The van der Waals surface area contributed by atoms with Gasteiger partial charge >= 0.3 is 0 Å². The zero-order chi connectivity index (χ0) is 31.2. The molecule has 0 fully saturated rings. The van der Waals surface area contributed by atoms with E-state index in [2.05, 4.69) is 5.32 Å². The minimum absolute atomic E-state index is 0.00747. The summed E-state index contributed by atoms with van der Waals surface area (Å²) in [4.78, 5) is 28.7. The predicted octanol–water partition coefficient (Wildman–Crippen LogP) is 5.19. The van der Waals surface area contributed by atoms with Crippen LogP contribution in [0.3, 0.4) is 0 Å². The van der Waals surface area contributed by atoms with Crippen LogP contribution in [0, 0.1) is 6.92 Å². The zero-order valence-corrected chi connectivity index (χ0v) is 26.5. The van der Waals surface area contributed by atoms with Gasteiger partial charge in [-0.25, -0.2) is 8.42 Å². The van der Waals surface area contributed by atoms with Crippen molar-refractivity contribution in [2.75, 3.05) is 25.1 Å². The van der Waals surface area contributed by atoms with Gasteiger partial charge in [-0.3, -0.25) is 13.9 Å². The molecule has 0 bridgehead atoms. The van der Waals surface area contributed by atoms with Crippen LogP contribution in [0.4, 0.5) is 5.69 Å². The van der Waals surface area contributed by atoms with E-state index in [4.69, 9.17) is 21.1 Å². The van der Waals surface area contributed by atoms with Crippen LogP contribution in [0.2, 0.25) is 5.02 Å². The molecular weight excluding hydrogens is 578 g/mol. The van der Waals surface area contributed by atoms with Crippen molar-refractivity contribution in [2.24, 2.45) is 0 Å². The summed E-state index contributed by atoms with van der Waals surface area (Å²) >= 11 is 6.37. The first-order chi connectivity index (χ1) is 19.7. The summed E-state index contributed by atoms with van der Waals surface area (Å²) < 4.78 is 39.4. The lowest BCUT2D eigenvalue weighted by atomic mass is 10.1. The van der Waals surface area contributed by atoms with Crippen molar-refractivity contribution in [1.29, 1.82) is 0 Å². The summed E-state index contributed by atoms with van der Waals surface area (Å²) in [5, 5.41) is 3.09. The monoisotopic (exact) mass is 615 g/mol. The van der Waals surface area contributed by atoms with E-state index >= 15 is 0 Å². The molecule has 2 amide bonds. The fourth-order valence-corrected chi connectivity index (χ4v) is 5.82. The Morgan fingerprint density at radius 2 is 1.57 bits per heavy atom. The molecule has 0 saturated carbocycles. The maximum Gasteiger partial charge on any atom is 0.264 e. The van der Waals surface area contributed by atoms with Crippen molar-refractivity contribution in [3.05, 3.63) is 82.9 Å². The van der Waals surface area contributed by atoms with Crippen LogP contribution in [0.1, 0.15) is 38.8 Å². The SMILES string of the molecule is COc1ccc(CN(C(=O)CN(c2ccc(OC)c(Cl)c2)S(=O)(=O)c2ccc(C)cc2)[C@@H](C)C(=O)NC(C)(C)C)cc1. The van der Waals surface area contributed by atoms with Gasteiger partial charge in [-0.2, -0.15) is 0 Å². The van der Waals surface area contributed by atoms with Crippen molar-refractivity contribution in [3.8, 4) is 11.5 Å². The summed E-state index contributed by atoms with van der Waals surface area (Å²) in [5.74, 6) is 0.0461. The number of carbonyl (C=O) groups is 2. The third kappa shape index (κ3) is 8.17. The number of rotatable bonds is 11. The Kier molecular flexibility index (Phi) is 10.5. The Morgan fingerprint density at radius 1 is 0.952 bits per heavy atom. The number of sulfonamides is 1. The fraction of sp³-hybridized carbons (Fsp3) is 0.355. The number of benzene rings is 3. The topological polar surface area (TPSA) is 105 Å². The smallest absolute Gasteiger partial charge is 0.264 e. The van der Waals surface area contributed by atoms with Crippen LogP contribution >= 0.6 is 11.6 Å². The Bertz CT molecular complexity index is 1500. The van der Waals surface area contributed by atoms with Gasteiger partial charge in [0.05, 0.1) is 29.8 Å². The highest BCUT2D eigenvalue weighted by molar-refractivity contribution is 7.92. The van der Waals surface area contributed by atoms with E-state index < -0.39 is 34.1 Å². The lowest BCUT2D eigenvalue weighted by Crippen LogP contribution is -2.54. The Morgan fingerprint density at radius 3 is 2.10 bits per heavy atom. The summed E-state index contributed by atoms with van der Waals surface area (Å²) in [6.07, 6.45) is 0.